The summed E-state index contributed by atoms with van der Waals surface area (Å²) in [6.07, 6.45) is 11.6. The predicted molar refractivity (Wildman–Crippen MR) is 149 cm³/mol. The first-order valence-electron chi connectivity index (χ1n) is 12.6. The number of amides is 1. The molecule has 6 heterocycles. The topological polar surface area (TPSA) is 142 Å². The van der Waals surface area contributed by atoms with E-state index in [4.69, 9.17) is 4.98 Å². The van der Waals surface area contributed by atoms with Gasteiger partial charge in [-0.05, 0) is 44.0 Å². The van der Waals surface area contributed by atoms with Crippen molar-refractivity contribution in [2.75, 3.05) is 5.32 Å². The zero-order chi connectivity index (χ0) is 26.5. The summed E-state index contributed by atoms with van der Waals surface area (Å²) in [5.74, 6) is 0.745. The molecule has 6 aromatic rings. The molecular formula is C28H22N8O2S. The van der Waals surface area contributed by atoms with Gasteiger partial charge in [0, 0.05) is 46.1 Å². The maximum Gasteiger partial charge on any atom is 0.227 e. The molecule has 0 aromatic carbocycles. The number of aromatic nitrogens is 7. The van der Waals surface area contributed by atoms with E-state index in [0.29, 0.717) is 27.7 Å². The fourth-order valence-electron chi connectivity index (χ4n) is 4.72. The van der Waals surface area contributed by atoms with Gasteiger partial charge >= 0.3 is 0 Å². The van der Waals surface area contributed by atoms with Gasteiger partial charge in [0.1, 0.15) is 11.2 Å². The first kappa shape index (κ1) is 23.4. The van der Waals surface area contributed by atoms with Gasteiger partial charge in [0.2, 0.25) is 5.91 Å². The van der Waals surface area contributed by atoms with Crippen LogP contribution in [0, 0.1) is 5.92 Å². The maximum absolute atomic E-state index is 12.4. The number of imidazole rings is 1. The highest BCUT2D eigenvalue weighted by Crippen LogP contribution is 2.35. The molecule has 10 nitrogen and oxygen atoms in total. The normalized spacial score (nSPS) is 13.6. The molecule has 1 aliphatic carbocycles. The van der Waals surface area contributed by atoms with Crippen LogP contribution in [0.15, 0.2) is 55.2 Å². The Labute approximate surface area is 226 Å². The smallest absolute Gasteiger partial charge is 0.227 e. The lowest BCUT2D eigenvalue weighted by molar-refractivity contribution is -0.122. The summed E-state index contributed by atoms with van der Waals surface area (Å²) in [6.45, 7) is 1.56. The fourth-order valence-corrected chi connectivity index (χ4v) is 5.63. The highest BCUT2D eigenvalue weighted by atomic mass is 32.1. The molecule has 0 spiro atoms. The number of aromatic amines is 2. The third kappa shape index (κ3) is 4.16. The van der Waals surface area contributed by atoms with Crippen LogP contribution in [-0.2, 0) is 4.79 Å². The number of carbonyl (C=O) groups is 2. The summed E-state index contributed by atoms with van der Waals surface area (Å²) in [6, 6.07) is 7.64. The minimum atomic E-state index is 0.0295. The average Bonchev–Trinajstić information content (AvgIpc) is 3.65. The Balaban J connectivity index is 1.25. The Bertz CT molecular complexity index is 1900. The van der Waals surface area contributed by atoms with Crippen molar-refractivity contribution in [1.29, 1.82) is 0 Å². The molecule has 1 fully saturated rings. The third-order valence-electron chi connectivity index (χ3n) is 7.07. The van der Waals surface area contributed by atoms with Gasteiger partial charge in [0.25, 0.3) is 0 Å². The number of H-pyrrole nitrogens is 2. The van der Waals surface area contributed by atoms with Crippen molar-refractivity contribution in [2.24, 2.45) is 5.92 Å². The summed E-state index contributed by atoms with van der Waals surface area (Å²) in [5.41, 5.74) is 5.94. The number of hydrogen-bond acceptors (Lipinski definition) is 8. The van der Waals surface area contributed by atoms with E-state index in [1.165, 1.54) is 11.3 Å². The van der Waals surface area contributed by atoms with E-state index in [0.717, 1.165) is 57.2 Å². The number of nitrogens with zero attached hydrogens (tertiary/aromatic N) is 5. The Hall–Kier alpha value is -4.77. The summed E-state index contributed by atoms with van der Waals surface area (Å²) in [4.78, 5) is 47.3. The highest BCUT2D eigenvalue weighted by molar-refractivity contribution is 7.17. The number of pyridine rings is 3. The first-order chi connectivity index (χ1) is 19.0. The van der Waals surface area contributed by atoms with E-state index in [1.54, 1.807) is 37.9 Å². The molecule has 1 aliphatic rings. The van der Waals surface area contributed by atoms with Gasteiger partial charge in [-0.3, -0.25) is 24.7 Å². The number of ketones is 1. The minimum absolute atomic E-state index is 0.0295. The van der Waals surface area contributed by atoms with Crippen molar-refractivity contribution in [1.82, 2.24) is 35.1 Å². The number of rotatable bonds is 6. The molecule has 1 saturated carbocycles. The molecule has 0 bridgehead atoms. The van der Waals surface area contributed by atoms with Crippen LogP contribution in [0.1, 0.15) is 35.9 Å². The third-order valence-corrected chi connectivity index (χ3v) is 8.29. The molecule has 11 heteroatoms. The van der Waals surface area contributed by atoms with Crippen molar-refractivity contribution in [3.63, 3.8) is 0 Å². The van der Waals surface area contributed by atoms with Crippen LogP contribution >= 0.6 is 11.3 Å². The molecule has 0 unspecified atom stereocenters. The van der Waals surface area contributed by atoms with Crippen molar-refractivity contribution in [2.45, 2.75) is 26.2 Å². The molecule has 6 aromatic heterocycles. The fraction of sp³-hybridized carbons (Fsp3) is 0.179. The molecule has 1 amide bonds. The number of thiophene rings is 1. The summed E-state index contributed by atoms with van der Waals surface area (Å²) in [7, 11) is 0. The van der Waals surface area contributed by atoms with E-state index < -0.39 is 0 Å². The predicted octanol–water partition coefficient (Wildman–Crippen LogP) is 5.63. The summed E-state index contributed by atoms with van der Waals surface area (Å²) in [5, 5.41) is 11.3. The number of fused-ring (bicyclic) bond motifs is 2. The van der Waals surface area contributed by atoms with Crippen LogP contribution in [0.5, 0.6) is 0 Å². The van der Waals surface area contributed by atoms with Crippen molar-refractivity contribution in [3.8, 4) is 33.1 Å². The molecule has 0 radical (unpaired) electrons. The molecule has 0 saturated heterocycles. The zero-order valence-corrected chi connectivity index (χ0v) is 21.7. The Kier molecular flexibility index (Phi) is 5.51. The van der Waals surface area contributed by atoms with Crippen LogP contribution in [0.3, 0.4) is 0 Å². The van der Waals surface area contributed by atoms with Crippen LogP contribution in [0.25, 0.3) is 55.2 Å². The Morgan fingerprint density at radius 1 is 1.03 bits per heavy atom. The van der Waals surface area contributed by atoms with Gasteiger partial charge in [-0.15, -0.1) is 11.3 Å². The molecule has 39 heavy (non-hydrogen) atoms. The van der Waals surface area contributed by atoms with Crippen molar-refractivity contribution in [3.05, 3.63) is 60.1 Å². The van der Waals surface area contributed by atoms with Crippen molar-refractivity contribution < 1.29 is 9.59 Å². The second-order valence-electron chi connectivity index (χ2n) is 9.66. The Morgan fingerprint density at radius 3 is 2.67 bits per heavy atom. The number of nitrogens with one attached hydrogen (secondary N) is 3. The second kappa shape index (κ2) is 9.21. The molecule has 192 valence electrons. The lowest BCUT2D eigenvalue weighted by Gasteiger charge is -2.24. The molecule has 7 rings (SSSR count). The van der Waals surface area contributed by atoms with Crippen LogP contribution < -0.4 is 5.32 Å². The minimum Gasteiger partial charge on any atom is -0.335 e. The molecule has 0 atom stereocenters. The van der Waals surface area contributed by atoms with E-state index in [-0.39, 0.29) is 17.6 Å². The largest absolute Gasteiger partial charge is 0.335 e. The van der Waals surface area contributed by atoms with Crippen LogP contribution in [0.4, 0.5) is 5.69 Å². The number of carbonyl (C=O) groups excluding carboxylic acids is 2. The van der Waals surface area contributed by atoms with Gasteiger partial charge in [0.05, 0.1) is 33.9 Å². The monoisotopic (exact) mass is 534 g/mol. The number of anilines is 1. The SMILES string of the molecule is CC(=O)c1ccc(-c2cncc3[nH]c(-c4n[nH]c5ncc(-c6cncc(NC(=O)C7CCC7)c6)cc45)nc23)s1. The maximum atomic E-state index is 12.4. The standard InChI is InChI=1S/C28H22N8O2S/c1-14(37)22-5-6-23(39-22)20-12-30-13-21-24(20)34-27(33-21)25-19-8-17(10-31-26(19)36-35-25)16-7-18(11-29-9-16)32-28(38)15-3-2-4-15/h5-13,15H,2-4H2,1H3,(H,32,38)(H,33,34)(H,31,35,36). The van der Waals surface area contributed by atoms with Gasteiger partial charge in [0.15, 0.2) is 17.3 Å². The Morgan fingerprint density at radius 2 is 1.87 bits per heavy atom. The van der Waals surface area contributed by atoms with Gasteiger partial charge in [-0.1, -0.05) is 6.42 Å². The van der Waals surface area contributed by atoms with Gasteiger partial charge in [-0.2, -0.15) is 5.10 Å². The van der Waals surface area contributed by atoms with E-state index >= 15 is 0 Å². The van der Waals surface area contributed by atoms with E-state index in [2.05, 4.69) is 35.5 Å². The van der Waals surface area contributed by atoms with E-state index in [1.807, 2.05) is 24.3 Å². The lowest BCUT2D eigenvalue weighted by atomic mass is 9.85. The van der Waals surface area contributed by atoms with Gasteiger partial charge in [-0.25, -0.2) is 9.97 Å². The van der Waals surface area contributed by atoms with E-state index in [9.17, 15) is 9.59 Å². The highest BCUT2D eigenvalue weighted by Gasteiger charge is 2.25. The summed E-state index contributed by atoms with van der Waals surface area (Å²) >= 11 is 1.42. The summed E-state index contributed by atoms with van der Waals surface area (Å²) < 4.78 is 0. The molecular weight excluding hydrogens is 512 g/mol. The lowest BCUT2D eigenvalue weighted by Crippen LogP contribution is -2.28. The molecule has 0 aliphatic heterocycles. The molecule has 3 N–H and O–H groups in total. The number of hydrogen-bond donors (Lipinski definition) is 3. The number of Topliss-reactive ketones (excluding diaryl/α,β-unsaturated/α-hetero) is 1. The van der Waals surface area contributed by atoms with Crippen LogP contribution in [0.2, 0.25) is 0 Å². The first-order valence-corrected chi connectivity index (χ1v) is 13.4. The quantitative estimate of drug-likeness (QED) is 0.235. The second-order valence-corrected chi connectivity index (χ2v) is 10.7. The average molecular weight is 535 g/mol. The van der Waals surface area contributed by atoms with Crippen LogP contribution in [-0.4, -0.2) is 46.8 Å². The van der Waals surface area contributed by atoms with Gasteiger partial charge < -0.3 is 10.3 Å². The van der Waals surface area contributed by atoms with Crippen molar-refractivity contribution >= 4 is 50.8 Å². The zero-order valence-electron chi connectivity index (χ0n) is 20.9.